The monoisotopic (exact) mass is 372 g/mol. The molecule has 142 valence electrons. The molecule has 3 aromatic rings. The van der Waals surface area contributed by atoms with E-state index < -0.39 is 0 Å². The first kappa shape index (κ1) is 18.4. The maximum Gasteiger partial charge on any atom is 0.228 e. The van der Waals surface area contributed by atoms with Crippen molar-refractivity contribution in [2.45, 2.75) is 19.5 Å². The lowest BCUT2D eigenvalue weighted by Crippen LogP contribution is -2.36. The van der Waals surface area contributed by atoms with Gasteiger partial charge >= 0.3 is 0 Å². The number of nitrogens with zero attached hydrogens (tertiary/aromatic N) is 2. The van der Waals surface area contributed by atoms with Crippen LogP contribution in [0.4, 0.5) is 0 Å². The van der Waals surface area contributed by atoms with E-state index in [2.05, 4.69) is 29.2 Å². The van der Waals surface area contributed by atoms with Gasteiger partial charge in [-0.3, -0.25) is 9.78 Å². The zero-order valence-electron chi connectivity index (χ0n) is 15.8. The molecule has 28 heavy (non-hydrogen) atoms. The molecule has 1 aromatic heterocycles. The van der Waals surface area contributed by atoms with Crippen molar-refractivity contribution in [2.75, 3.05) is 13.2 Å². The fourth-order valence-electron chi connectivity index (χ4n) is 3.65. The minimum atomic E-state index is -0.0624. The van der Waals surface area contributed by atoms with Crippen LogP contribution in [-0.2, 0) is 22.6 Å². The maximum absolute atomic E-state index is 13.2. The van der Waals surface area contributed by atoms with Gasteiger partial charge in [-0.15, -0.1) is 0 Å². The predicted molar refractivity (Wildman–Crippen MR) is 109 cm³/mol. The van der Waals surface area contributed by atoms with Crippen LogP contribution in [0.5, 0.6) is 0 Å². The molecule has 1 saturated heterocycles. The van der Waals surface area contributed by atoms with E-state index in [1.807, 2.05) is 53.4 Å². The van der Waals surface area contributed by atoms with Gasteiger partial charge in [-0.1, -0.05) is 60.7 Å². The third kappa shape index (κ3) is 4.29. The first-order chi connectivity index (χ1) is 13.8. The number of ether oxygens (including phenoxy) is 1. The number of pyridine rings is 1. The van der Waals surface area contributed by atoms with E-state index in [4.69, 9.17) is 4.74 Å². The van der Waals surface area contributed by atoms with Crippen LogP contribution < -0.4 is 0 Å². The lowest BCUT2D eigenvalue weighted by molar-refractivity contribution is -0.136. The zero-order chi connectivity index (χ0) is 19.2. The summed E-state index contributed by atoms with van der Waals surface area (Å²) in [5.74, 6) is 0.0821. The Labute approximate surface area is 165 Å². The van der Waals surface area contributed by atoms with Crippen LogP contribution in [0.15, 0.2) is 79.0 Å². The second-order valence-corrected chi connectivity index (χ2v) is 7.10. The molecule has 1 unspecified atom stereocenters. The number of amides is 1. The number of hydrogen-bond donors (Lipinski definition) is 0. The normalized spacial score (nSPS) is 16.1. The molecule has 0 radical (unpaired) electrons. The minimum absolute atomic E-state index is 0.0624. The predicted octanol–water partition coefficient (Wildman–Crippen LogP) is 4.31. The molecule has 1 aliphatic rings. The molecular weight excluding hydrogens is 348 g/mol. The highest BCUT2D eigenvalue weighted by Crippen LogP contribution is 2.26. The third-order valence-electron chi connectivity index (χ3n) is 5.13. The molecule has 1 fully saturated rings. The van der Waals surface area contributed by atoms with Crippen molar-refractivity contribution in [3.63, 3.8) is 0 Å². The fourth-order valence-corrected chi connectivity index (χ4v) is 3.65. The Bertz CT molecular complexity index is 906. The number of benzene rings is 2. The lowest BCUT2D eigenvalue weighted by atomic mass is 9.98. The van der Waals surface area contributed by atoms with Crippen LogP contribution in [0.2, 0.25) is 0 Å². The summed E-state index contributed by atoms with van der Waals surface area (Å²) in [7, 11) is 0. The van der Waals surface area contributed by atoms with Crippen molar-refractivity contribution in [2.24, 2.45) is 5.92 Å². The van der Waals surface area contributed by atoms with Gasteiger partial charge in [-0.25, -0.2) is 0 Å². The van der Waals surface area contributed by atoms with E-state index in [0.29, 0.717) is 26.3 Å². The standard InChI is InChI=1S/C24H24N2O2/c27-24(21-13-15-28-18-21)26(17-22-11-6-7-14-25-22)16-20-10-4-5-12-23(20)19-8-2-1-3-9-19/h1-12,14,21H,13,15-18H2. The Morgan fingerprint density at radius 3 is 2.50 bits per heavy atom. The Balaban J connectivity index is 1.63. The van der Waals surface area contributed by atoms with Gasteiger partial charge in [0.2, 0.25) is 5.91 Å². The molecule has 0 saturated carbocycles. The zero-order valence-corrected chi connectivity index (χ0v) is 15.8. The Kier molecular flexibility index (Phi) is 5.78. The van der Waals surface area contributed by atoms with Gasteiger partial charge in [0.25, 0.3) is 0 Å². The highest BCUT2D eigenvalue weighted by Gasteiger charge is 2.28. The van der Waals surface area contributed by atoms with E-state index in [1.54, 1.807) is 6.20 Å². The van der Waals surface area contributed by atoms with Gasteiger partial charge in [0.1, 0.15) is 0 Å². The second kappa shape index (κ2) is 8.81. The van der Waals surface area contributed by atoms with Gasteiger partial charge in [0.15, 0.2) is 0 Å². The SMILES string of the molecule is O=C(C1CCOC1)N(Cc1ccccn1)Cc1ccccc1-c1ccccc1. The van der Waals surface area contributed by atoms with Crippen LogP contribution in [0.1, 0.15) is 17.7 Å². The molecule has 0 N–H and O–H groups in total. The van der Waals surface area contributed by atoms with Crippen molar-refractivity contribution in [1.29, 1.82) is 0 Å². The Morgan fingerprint density at radius 1 is 0.964 bits per heavy atom. The summed E-state index contributed by atoms with van der Waals surface area (Å²) in [5.41, 5.74) is 4.35. The summed E-state index contributed by atoms with van der Waals surface area (Å²) in [4.78, 5) is 19.6. The number of aromatic nitrogens is 1. The first-order valence-corrected chi connectivity index (χ1v) is 9.71. The highest BCUT2D eigenvalue weighted by molar-refractivity contribution is 5.79. The molecule has 2 heterocycles. The van der Waals surface area contributed by atoms with Crippen molar-refractivity contribution in [3.8, 4) is 11.1 Å². The van der Waals surface area contributed by atoms with E-state index >= 15 is 0 Å². The quantitative estimate of drug-likeness (QED) is 0.647. The Hall–Kier alpha value is -2.98. The molecule has 2 aromatic carbocycles. The van der Waals surface area contributed by atoms with Crippen LogP contribution >= 0.6 is 0 Å². The molecule has 1 amide bonds. The number of carbonyl (C=O) groups is 1. The highest BCUT2D eigenvalue weighted by atomic mass is 16.5. The van der Waals surface area contributed by atoms with Crippen LogP contribution in [0, 0.1) is 5.92 Å². The largest absolute Gasteiger partial charge is 0.381 e. The molecule has 4 heteroatoms. The molecule has 1 aliphatic heterocycles. The third-order valence-corrected chi connectivity index (χ3v) is 5.13. The van der Waals surface area contributed by atoms with Crippen molar-refractivity contribution >= 4 is 5.91 Å². The average Bonchev–Trinajstić information content (AvgIpc) is 3.29. The summed E-state index contributed by atoms with van der Waals surface area (Å²) >= 11 is 0. The van der Waals surface area contributed by atoms with Crippen molar-refractivity contribution in [3.05, 3.63) is 90.3 Å². The summed E-state index contributed by atoms with van der Waals surface area (Å²) in [6.07, 6.45) is 2.56. The summed E-state index contributed by atoms with van der Waals surface area (Å²) in [6, 6.07) is 24.4. The van der Waals surface area contributed by atoms with Crippen molar-refractivity contribution < 1.29 is 9.53 Å². The van der Waals surface area contributed by atoms with E-state index in [0.717, 1.165) is 28.8 Å². The number of hydrogen-bond acceptors (Lipinski definition) is 3. The van der Waals surface area contributed by atoms with Gasteiger partial charge < -0.3 is 9.64 Å². The maximum atomic E-state index is 13.2. The van der Waals surface area contributed by atoms with Crippen LogP contribution in [0.3, 0.4) is 0 Å². The number of rotatable bonds is 6. The van der Waals surface area contributed by atoms with E-state index in [1.165, 1.54) is 0 Å². The molecule has 0 aliphatic carbocycles. The Morgan fingerprint density at radius 2 is 1.75 bits per heavy atom. The van der Waals surface area contributed by atoms with Gasteiger partial charge in [-0.2, -0.15) is 0 Å². The average molecular weight is 372 g/mol. The topological polar surface area (TPSA) is 42.4 Å². The first-order valence-electron chi connectivity index (χ1n) is 9.71. The van der Waals surface area contributed by atoms with Gasteiger partial charge in [-0.05, 0) is 35.2 Å². The summed E-state index contributed by atoms with van der Waals surface area (Å²) in [6.45, 7) is 2.22. The molecule has 4 nitrogen and oxygen atoms in total. The smallest absolute Gasteiger partial charge is 0.228 e. The lowest BCUT2D eigenvalue weighted by Gasteiger charge is -2.26. The summed E-state index contributed by atoms with van der Waals surface area (Å²) < 4.78 is 5.46. The minimum Gasteiger partial charge on any atom is -0.381 e. The second-order valence-electron chi connectivity index (χ2n) is 7.10. The summed E-state index contributed by atoms with van der Waals surface area (Å²) in [5, 5.41) is 0. The van der Waals surface area contributed by atoms with E-state index in [-0.39, 0.29) is 11.8 Å². The van der Waals surface area contributed by atoms with Crippen LogP contribution in [-0.4, -0.2) is 29.0 Å². The fraction of sp³-hybridized carbons (Fsp3) is 0.250. The van der Waals surface area contributed by atoms with E-state index in [9.17, 15) is 4.79 Å². The molecular formula is C24H24N2O2. The van der Waals surface area contributed by atoms with Crippen LogP contribution in [0.25, 0.3) is 11.1 Å². The molecule has 1 atom stereocenters. The van der Waals surface area contributed by atoms with Crippen molar-refractivity contribution in [1.82, 2.24) is 9.88 Å². The number of carbonyl (C=O) groups excluding carboxylic acids is 1. The molecule has 4 rings (SSSR count). The van der Waals surface area contributed by atoms with Gasteiger partial charge in [0.05, 0.1) is 24.8 Å². The molecule has 0 spiro atoms. The molecule has 0 bridgehead atoms. The van der Waals surface area contributed by atoms with Gasteiger partial charge in [0, 0.05) is 19.3 Å².